The van der Waals surface area contributed by atoms with Gasteiger partial charge in [0.2, 0.25) is 5.91 Å². The van der Waals surface area contributed by atoms with E-state index in [2.05, 4.69) is 10.1 Å². The highest BCUT2D eigenvalue weighted by atomic mass is 16.5. The molecule has 10 heteroatoms. The Balaban J connectivity index is 1.54. The van der Waals surface area contributed by atoms with Gasteiger partial charge in [0.15, 0.2) is 6.61 Å². The summed E-state index contributed by atoms with van der Waals surface area (Å²) in [6.45, 7) is -0.398. The van der Waals surface area contributed by atoms with Crippen LogP contribution >= 0.6 is 0 Å². The molecule has 1 heterocycles. The molecule has 0 aromatic heterocycles. The van der Waals surface area contributed by atoms with Crippen molar-refractivity contribution in [3.05, 3.63) is 48.0 Å². The minimum Gasteiger partial charge on any atom is -0.497 e. The Kier molecular flexibility index (Phi) is 7.50. The lowest BCUT2D eigenvalue weighted by Gasteiger charge is -2.20. The molecule has 1 atom stereocenters. The molecule has 1 aliphatic rings. The second-order valence-corrected chi connectivity index (χ2v) is 7.17. The molecular weight excluding hydrogens is 432 g/mol. The predicted octanol–water partition coefficient (Wildman–Crippen LogP) is 2.03. The van der Waals surface area contributed by atoms with E-state index in [1.54, 1.807) is 18.2 Å². The minimum absolute atomic E-state index is 0.0371. The lowest BCUT2D eigenvalue weighted by atomic mass is 10.1. The Morgan fingerprint density at radius 3 is 2.39 bits per heavy atom. The van der Waals surface area contributed by atoms with Crippen LogP contribution in [0.4, 0.5) is 11.4 Å². The van der Waals surface area contributed by atoms with E-state index in [1.165, 1.54) is 50.5 Å². The number of ether oxygens (including phenoxy) is 4. The number of rotatable bonds is 8. The summed E-state index contributed by atoms with van der Waals surface area (Å²) in [5, 5.41) is 2.57. The lowest BCUT2D eigenvalue weighted by molar-refractivity contribution is -0.151. The summed E-state index contributed by atoms with van der Waals surface area (Å²) in [7, 11) is 4.28. The first kappa shape index (κ1) is 23.6. The molecule has 0 bridgehead atoms. The van der Waals surface area contributed by atoms with E-state index in [0.717, 1.165) is 0 Å². The van der Waals surface area contributed by atoms with Crippen LogP contribution in [0.25, 0.3) is 0 Å². The number of anilines is 2. The van der Waals surface area contributed by atoms with Gasteiger partial charge < -0.3 is 29.2 Å². The fraction of sp³-hybridized carbons (Fsp3) is 0.304. The number of carbonyl (C=O) groups excluding carboxylic acids is 4. The first-order valence-corrected chi connectivity index (χ1v) is 10.0. The van der Waals surface area contributed by atoms with Gasteiger partial charge in [0.25, 0.3) is 5.91 Å². The normalized spacial score (nSPS) is 15.1. The van der Waals surface area contributed by atoms with E-state index < -0.39 is 30.4 Å². The van der Waals surface area contributed by atoms with Crippen LogP contribution in [0.5, 0.6) is 11.5 Å². The van der Waals surface area contributed by atoms with Crippen molar-refractivity contribution in [1.29, 1.82) is 0 Å². The maximum Gasteiger partial charge on any atom is 0.337 e. The molecular formula is C23H24N2O8. The zero-order valence-electron chi connectivity index (χ0n) is 18.5. The van der Waals surface area contributed by atoms with Gasteiger partial charge in [0.1, 0.15) is 11.5 Å². The lowest BCUT2D eigenvalue weighted by Crippen LogP contribution is -2.28. The Morgan fingerprint density at radius 2 is 1.76 bits per heavy atom. The van der Waals surface area contributed by atoms with Crippen molar-refractivity contribution in [3.63, 3.8) is 0 Å². The average Bonchev–Trinajstić information content (AvgIpc) is 3.23. The van der Waals surface area contributed by atoms with E-state index >= 15 is 0 Å². The maximum atomic E-state index is 12.5. The number of carbonyl (C=O) groups is 4. The summed E-state index contributed by atoms with van der Waals surface area (Å²) >= 11 is 0. The van der Waals surface area contributed by atoms with E-state index in [0.29, 0.717) is 28.4 Å². The van der Waals surface area contributed by atoms with Crippen LogP contribution in [0.2, 0.25) is 0 Å². The SMILES string of the molecule is COC(=O)c1ccc(NC(=O)COC(=O)[C@H]2CC(=O)N(c3ccc(OC)cc3OC)C2)cc1. The van der Waals surface area contributed by atoms with Crippen molar-refractivity contribution in [2.45, 2.75) is 6.42 Å². The molecule has 2 aromatic rings. The number of benzene rings is 2. The van der Waals surface area contributed by atoms with Gasteiger partial charge in [-0.1, -0.05) is 0 Å². The summed E-state index contributed by atoms with van der Waals surface area (Å²) in [5.74, 6) is -1.64. The highest BCUT2D eigenvalue weighted by molar-refractivity contribution is 6.01. The Labute approximate surface area is 190 Å². The number of methoxy groups -OCH3 is 3. The molecule has 174 valence electrons. The van der Waals surface area contributed by atoms with Crippen LogP contribution in [0.1, 0.15) is 16.8 Å². The van der Waals surface area contributed by atoms with Crippen molar-refractivity contribution in [2.24, 2.45) is 5.92 Å². The zero-order valence-corrected chi connectivity index (χ0v) is 18.5. The molecule has 2 amide bonds. The van der Waals surface area contributed by atoms with Gasteiger partial charge in [-0.15, -0.1) is 0 Å². The van der Waals surface area contributed by atoms with Crippen LogP contribution in [0, 0.1) is 5.92 Å². The van der Waals surface area contributed by atoms with Crippen molar-refractivity contribution in [2.75, 3.05) is 44.7 Å². The van der Waals surface area contributed by atoms with Crippen LogP contribution in [0.15, 0.2) is 42.5 Å². The third-order valence-corrected chi connectivity index (χ3v) is 5.07. The number of esters is 2. The summed E-state index contributed by atoms with van der Waals surface area (Å²) in [5.41, 5.74) is 1.29. The summed E-state index contributed by atoms with van der Waals surface area (Å²) in [4.78, 5) is 50.0. The van der Waals surface area contributed by atoms with Gasteiger partial charge in [-0.25, -0.2) is 4.79 Å². The molecule has 2 aromatic carbocycles. The fourth-order valence-electron chi connectivity index (χ4n) is 3.37. The molecule has 3 rings (SSSR count). The quantitative estimate of drug-likeness (QED) is 0.599. The molecule has 10 nitrogen and oxygen atoms in total. The molecule has 0 unspecified atom stereocenters. The minimum atomic E-state index is -0.712. The molecule has 0 spiro atoms. The van der Waals surface area contributed by atoms with Crippen molar-refractivity contribution in [3.8, 4) is 11.5 Å². The van der Waals surface area contributed by atoms with E-state index in [9.17, 15) is 19.2 Å². The fourth-order valence-corrected chi connectivity index (χ4v) is 3.37. The number of nitrogens with zero attached hydrogens (tertiary/aromatic N) is 1. The van der Waals surface area contributed by atoms with Crippen molar-refractivity contribution in [1.82, 2.24) is 0 Å². The standard InChI is InChI=1S/C23H24N2O8/c1-30-17-8-9-18(19(11-17)31-2)25-12-15(10-21(25)27)23(29)33-13-20(26)24-16-6-4-14(5-7-16)22(28)32-3/h4-9,11,15H,10,12-13H2,1-3H3,(H,24,26)/t15-/m0/s1. The Bertz CT molecular complexity index is 1050. The van der Waals surface area contributed by atoms with Crippen LogP contribution < -0.4 is 19.7 Å². The molecule has 1 aliphatic heterocycles. The molecule has 33 heavy (non-hydrogen) atoms. The highest BCUT2D eigenvalue weighted by Crippen LogP contribution is 2.36. The molecule has 0 saturated carbocycles. The first-order valence-electron chi connectivity index (χ1n) is 10.0. The smallest absolute Gasteiger partial charge is 0.337 e. The van der Waals surface area contributed by atoms with E-state index in [4.69, 9.17) is 14.2 Å². The van der Waals surface area contributed by atoms with Gasteiger partial charge in [-0.05, 0) is 36.4 Å². The molecule has 1 fully saturated rings. The monoisotopic (exact) mass is 456 g/mol. The summed E-state index contributed by atoms with van der Waals surface area (Å²) in [6.07, 6.45) is -0.0371. The number of hydrogen-bond acceptors (Lipinski definition) is 8. The topological polar surface area (TPSA) is 120 Å². The average molecular weight is 456 g/mol. The van der Waals surface area contributed by atoms with E-state index in [-0.39, 0.29) is 18.9 Å². The van der Waals surface area contributed by atoms with Gasteiger partial charge in [-0.3, -0.25) is 14.4 Å². The second kappa shape index (κ2) is 10.5. The van der Waals surface area contributed by atoms with Crippen LogP contribution in [-0.4, -0.2) is 58.2 Å². The molecule has 0 aliphatic carbocycles. The molecule has 1 N–H and O–H groups in total. The number of amides is 2. The third kappa shape index (κ3) is 5.59. The Morgan fingerprint density at radius 1 is 1.03 bits per heavy atom. The van der Waals surface area contributed by atoms with Gasteiger partial charge >= 0.3 is 11.9 Å². The zero-order chi connectivity index (χ0) is 24.0. The molecule has 0 radical (unpaired) electrons. The van der Waals surface area contributed by atoms with Crippen LogP contribution in [0.3, 0.4) is 0 Å². The van der Waals surface area contributed by atoms with Gasteiger partial charge in [0.05, 0.1) is 38.5 Å². The van der Waals surface area contributed by atoms with E-state index in [1.807, 2.05) is 0 Å². The predicted molar refractivity (Wildman–Crippen MR) is 117 cm³/mol. The second-order valence-electron chi connectivity index (χ2n) is 7.17. The summed E-state index contributed by atoms with van der Waals surface area (Å²) < 4.78 is 20.2. The number of nitrogens with one attached hydrogen (secondary N) is 1. The molecule has 1 saturated heterocycles. The van der Waals surface area contributed by atoms with Crippen LogP contribution in [-0.2, 0) is 23.9 Å². The Hall–Kier alpha value is -4.08. The summed E-state index contributed by atoms with van der Waals surface area (Å²) in [6, 6.07) is 11.1. The maximum absolute atomic E-state index is 12.5. The third-order valence-electron chi connectivity index (χ3n) is 5.07. The number of hydrogen-bond donors (Lipinski definition) is 1. The van der Waals surface area contributed by atoms with Gasteiger partial charge in [0, 0.05) is 24.7 Å². The van der Waals surface area contributed by atoms with Crippen molar-refractivity contribution < 1.29 is 38.1 Å². The largest absolute Gasteiger partial charge is 0.497 e. The van der Waals surface area contributed by atoms with Crippen molar-refractivity contribution >= 4 is 35.1 Å². The highest BCUT2D eigenvalue weighted by Gasteiger charge is 2.37. The first-order chi connectivity index (χ1) is 15.9. The van der Waals surface area contributed by atoms with Gasteiger partial charge in [-0.2, -0.15) is 0 Å².